The molecule has 1 saturated heterocycles. The van der Waals surface area contributed by atoms with Crippen molar-refractivity contribution in [3.05, 3.63) is 28.7 Å². The van der Waals surface area contributed by atoms with Gasteiger partial charge >= 0.3 is 6.18 Å². The van der Waals surface area contributed by atoms with Gasteiger partial charge in [-0.15, -0.1) is 24.0 Å². The normalized spacial score (nSPS) is 18.0. The third-order valence-electron chi connectivity index (χ3n) is 3.96. The van der Waals surface area contributed by atoms with Crippen molar-refractivity contribution in [1.82, 2.24) is 10.6 Å². The van der Waals surface area contributed by atoms with E-state index >= 15 is 0 Å². The third-order valence-corrected chi connectivity index (χ3v) is 4.49. The summed E-state index contributed by atoms with van der Waals surface area (Å²) in [5, 5.41) is 5.82. The van der Waals surface area contributed by atoms with Gasteiger partial charge in [0.05, 0.1) is 6.42 Å². The Morgan fingerprint density at radius 1 is 1.28 bits per heavy atom. The van der Waals surface area contributed by atoms with Crippen LogP contribution in [0.2, 0.25) is 0 Å². The number of nitrogens with zero attached hydrogens (tertiary/aromatic N) is 2. The summed E-state index contributed by atoms with van der Waals surface area (Å²) in [6.45, 7) is 2.43. The zero-order valence-electron chi connectivity index (χ0n) is 13.9. The second-order valence-corrected chi connectivity index (χ2v) is 6.74. The van der Waals surface area contributed by atoms with Gasteiger partial charge in [-0.2, -0.15) is 13.2 Å². The second-order valence-electron chi connectivity index (χ2n) is 5.82. The number of benzene rings is 1. The Hall–Kier alpha value is -0.710. The van der Waals surface area contributed by atoms with E-state index in [4.69, 9.17) is 0 Å². The summed E-state index contributed by atoms with van der Waals surface area (Å²) in [5.41, 5.74) is 1.19. The van der Waals surface area contributed by atoms with E-state index in [0.717, 1.165) is 24.0 Å². The van der Waals surface area contributed by atoms with Crippen molar-refractivity contribution in [3.63, 3.8) is 0 Å². The molecule has 0 amide bonds. The highest BCUT2D eigenvalue weighted by molar-refractivity contribution is 14.0. The van der Waals surface area contributed by atoms with Crippen molar-refractivity contribution in [3.8, 4) is 0 Å². The topological polar surface area (TPSA) is 39.7 Å². The molecule has 1 atom stereocenters. The minimum Gasteiger partial charge on any atom is -0.371 e. The number of alkyl halides is 3. The smallest absolute Gasteiger partial charge is 0.371 e. The molecule has 1 aromatic carbocycles. The standard InChI is InChI=1S/C16H22BrF3N4.HI/c1-21-15(22-8-7-16(18,19)20)23-10-12-6-9-24(11-12)14-4-2-13(17)3-5-14;/h2-5,12H,6-11H2,1H3,(H2,21,22,23);1H. The molecule has 1 heterocycles. The zero-order valence-corrected chi connectivity index (χ0v) is 17.9. The van der Waals surface area contributed by atoms with Gasteiger partial charge in [-0.05, 0) is 36.6 Å². The SMILES string of the molecule is CN=C(NCCC(F)(F)F)NCC1CCN(c2ccc(Br)cc2)C1.I. The molecule has 0 spiro atoms. The molecule has 142 valence electrons. The van der Waals surface area contributed by atoms with E-state index in [0.29, 0.717) is 18.4 Å². The summed E-state index contributed by atoms with van der Waals surface area (Å²) in [6, 6.07) is 8.20. The Morgan fingerprint density at radius 2 is 1.96 bits per heavy atom. The highest BCUT2D eigenvalue weighted by atomic mass is 127. The first-order chi connectivity index (χ1) is 11.4. The molecular formula is C16H23BrF3IN4. The average Bonchev–Trinajstić information content (AvgIpc) is 2.99. The monoisotopic (exact) mass is 534 g/mol. The summed E-state index contributed by atoms with van der Waals surface area (Å²) < 4.78 is 37.5. The van der Waals surface area contributed by atoms with Gasteiger partial charge in [-0.3, -0.25) is 4.99 Å². The Kier molecular flexibility index (Phi) is 9.33. The van der Waals surface area contributed by atoms with E-state index in [1.54, 1.807) is 7.05 Å². The van der Waals surface area contributed by atoms with Crippen LogP contribution in [0.25, 0.3) is 0 Å². The molecule has 1 aliphatic rings. The molecule has 0 radical (unpaired) electrons. The van der Waals surface area contributed by atoms with Crippen LogP contribution in [0.1, 0.15) is 12.8 Å². The maximum atomic E-state index is 12.2. The molecule has 4 nitrogen and oxygen atoms in total. The molecule has 1 aromatic rings. The Balaban J connectivity index is 0.00000312. The molecule has 2 N–H and O–H groups in total. The fourth-order valence-electron chi connectivity index (χ4n) is 2.67. The minimum absolute atomic E-state index is 0. The van der Waals surface area contributed by atoms with Crippen LogP contribution in [-0.4, -0.2) is 45.4 Å². The zero-order chi connectivity index (χ0) is 17.6. The summed E-state index contributed by atoms with van der Waals surface area (Å²) in [6.07, 6.45) is -3.97. The van der Waals surface area contributed by atoms with Gasteiger partial charge < -0.3 is 15.5 Å². The number of hydrogen-bond donors (Lipinski definition) is 2. The van der Waals surface area contributed by atoms with Gasteiger partial charge in [-0.1, -0.05) is 15.9 Å². The molecule has 2 rings (SSSR count). The Bertz CT molecular complexity index is 551. The first-order valence-electron chi connectivity index (χ1n) is 7.89. The van der Waals surface area contributed by atoms with E-state index < -0.39 is 12.6 Å². The van der Waals surface area contributed by atoms with Crippen molar-refractivity contribution in [2.24, 2.45) is 10.9 Å². The lowest BCUT2D eigenvalue weighted by Crippen LogP contribution is -2.41. The third kappa shape index (κ3) is 8.02. The number of nitrogens with one attached hydrogen (secondary N) is 2. The highest BCUT2D eigenvalue weighted by Crippen LogP contribution is 2.25. The second kappa shape index (κ2) is 10.4. The quantitative estimate of drug-likeness (QED) is 0.341. The van der Waals surface area contributed by atoms with Crippen molar-refractivity contribution in [2.45, 2.75) is 19.0 Å². The van der Waals surface area contributed by atoms with Gasteiger partial charge in [0, 0.05) is 43.4 Å². The van der Waals surface area contributed by atoms with Crippen LogP contribution in [0.5, 0.6) is 0 Å². The average molecular weight is 535 g/mol. The van der Waals surface area contributed by atoms with Crippen LogP contribution in [0.3, 0.4) is 0 Å². The van der Waals surface area contributed by atoms with Crippen molar-refractivity contribution in [2.75, 3.05) is 38.1 Å². The van der Waals surface area contributed by atoms with Crippen molar-refractivity contribution < 1.29 is 13.2 Å². The van der Waals surface area contributed by atoms with Crippen LogP contribution in [0.4, 0.5) is 18.9 Å². The molecule has 9 heteroatoms. The fraction of sp³-hybridized carbons (Fsp3) is 0.562. The lowest BCUT2D eigenvalue weighted by Gasteiger charge is -2.19. The number of rotatable bonds is 5. The number of guanidine groups is 1. The summed E-state index contributed by atoms with van der Waals surface area (Å²) >= 11 is 3.43. The number of halogens is 5. The van der Waals surface area contributed by atoms with E-state index in [1.807, 2.05) is 12.1 Å². The van der Waals surface area contributed by atoms with Crippen LogP contribution < -0.4 is 15.5 Å². The molecule has 25 heavy (non-hydrogen) atoms. The number of hydrogen-bond acceptors (Lipinski definition) is 2. The largest absolute Gasteiger partial charge is 0.390 e. The van der Waals surface area contributed by atoms with Crippen LogP contribution in [0.15, 0.2) is 33.7 Å². The van der Waals surface area contributed by atoms with Crippen molar-refractivity contribution >= 4 is 51.6 Å². The van der Waals surface area contributed by atoms with E-state index in [9.17, 15) is 13.2 Å². The first-order valence-corrected chi connectivity index (χ1v) is 8.68. The van der Waals surface area contributed by atoms with Gasteiger partial charge in [-0.25, -0.2) is 0 Å². The molecule has 0 aromatic heterocycles. The minimum atomic E-state index is -4.15. The maximum absolute atomic E-state index is 12.2. The van der Waals surface area contributed by atoms with Gasteiger partial charge in [0.1, 0.15) is 0 Å². The summed E-state index contributed by atoms with van der Waals surface area (Å²) in [7, 11) is 1.56. The number of anilines is 1. The molecule has 1 fully saturated rings. The van der Waals surface area contributed by atoms with Gasteiger partial charge in [0.15, 0.2) is 5.96 Å². The fourth-order valence-corrected chi connectivity index (χ4v) is 2.93. The molecule has 1 aliphatic heterocycles. The van der Waals surface area contributed by atoms with Crippen LogP contribution in [-0.2, 0) is 0 Å². The first kappa shape index (κ1) is 22.3. The molecular weight excluding hydrogens is 512 g/mol. The van der Waals surface area contributed by atoms with Crippen molar-refractivity contribution in [1.29, 1.82) is 0 Å². The van der Waals surface area contributed by atoms with Crippen LogP contribution in [0, 0.1) is 5.92 Å². The highest BCUT2D eigenvalue weighted by Gasteiger charge is 2.26. The summed E-state index contributed by atoms with van der Waals surface area (Å²) in [5.74, 6) is 0.858. The predicted molar refractivity (Wildman–Crippen MR) is 110 cm³/mol. The lowest BCUT2D eigenvalue weighted by atomic mass is 10.1. The lowest BCUT2D eigenvalue weighted by molar-refractivity contribution is -0.132. The van der Waals surface area contributed by atoms with E-state index in [-0.39, 0.29) is 30.5 Å². The Morgan fingerprint density at radius 3 is 2.56 bits per heavy atom. The molecule has 0 bridgehead atoms. The summed E-state index contributed by atoms with van der Waals surface area (Å²) in [4.78, 5) is 6.28. The molecule has 0 aliphatic carbocycles. The van der Waals surface area contributed by atoms with E-state index in [1.165, 1.54) is 5.69 Å². The molecule has 1 unspecified atom stereocenters. The maximum Gasteiger partial charge on any atom is 0.390 e. The number of aliphatic imine (C=N–C) groups is 1. The predicted octanol–water partition coefficient (Wildman–Crippen LogP) is 4.01. The van der Waals surface area contributed by atoms with E-state index in [2.05, 4.69) is 48.6 Å². The Labute approximate surface area is 171 Å². The van der Waals surface area contributed by atoms with Gasteiger partial charge in [0.25, 0.3) is 0 Å². The van der Waals surface area contributed by atoms with Crippen LogP contribution >= 0.6 is 39.9 Å². The van der Waals surface area contributed by atoms with Gasteiger partial charge in [0.2, 0.25) is 0 Å². The molecule has 0 saturated carbocycles.